The van der Waals surface area contributed by atoms with Gasteiger partial charge in [-0.2, -0.15) is 4.72 Å². The van der Waals surface area contributed by atoms with Crippen molar-refractivity contribution in [3.63, 3.8) is 0 Å². The summed E-state index contributed by atoms with van der Waals surface area (Å²) in [6.45, 7) is 4.47. The van der Waals surface area contributed by atoms with Gasteiger partial charge in [0.25, 0.3) is 5.91 Å². The number of aliphatic carboxylic acids is 1. The van der Waals surface area contributed by atoms with E-state index in [-0.39, 0.29) is 28.2 Å². The lowest BCUT2D eigenvalue weighted by Crippen LogP contribution is -2.48. The number of carbonyl (C=O) groups is 2. The van der Waals surface area contributed by atoms with Crippen LogP contribution in [-0.4, -0.2) is 67.1 Å². The van der Waals surface area contributed by atoms with Crippen LogP contribution in [0, 0.1) is 13.8 Å². The van der Waals surface area contributed by atoms with Crippen molar-refractivity contribution in [2.24, 2.45) is 7.05 Å². The molecule has 1 aliphatic heterocycles. The minimum absolute atomic E-state index is 0.00379. The number of amides is 1. The average molecular weight is 548 g/mol. The van der Waals surface area contributed by atoms with Gasteiger partial charge in [0.05, 0.1) is 5.52 Å². The van der Waals surface area contributed by atoms with E-state index in [2.05, 4.69) is 26.4 Å². The molecule has 1 amide bonds. The number of benzene rings is 1. The molecule has 1 fully saturated rings. The van der Waals surface area contributed by atoms with Crippen molar-refractivity contribution >= 4 is 32.8 Å². The summed E-state index contributed by atoms with van der Waals surface area (Å²) in [5.74, 6) is -2.36. The molecule has 1 aliphatic rings. The van der Waals surface area contributed by atoms with Gasteiger partial charge in [-0.05, 0) is 31.5 Å². The summed E-state index contributed by atoms with van der Waals surface area (Å²) in [6, 6.07) is 3.57. The third-order valence-corrected chi connectivity index (χ3v) is 7.84. The number of sulfonamides is 1. The van der Waals surface area contributed by atoms with Crippen LogP contribution in [0.3, 0.4) is 0 Å². The summed E-state index contributed by atoms with van der Waals surface area (Å²) in [5, 5.41) is 25.6. The van der Waals surface area contributed by atoms with Crippen LogP contribution in [0.2, 0.25) is 0 Å². The molecule has 6 N–H and O–H groups in total. The summed E-state index contributed by atoms with van der Waals surface area (Å²) in [6.07, 6.45) is 1.37. The molecule has 0 spiro atoms. The first-order chi connectivity index (χ1) is 18.0. The van der Waals surface area contributed by atoms with E-state index in [1.165, 1.54) is 20.0 Å². The number of nitrogens with one attached hydrogen (secondary N) is 5. The van der Waals surface area contributed by atoms with E-state index >= 15 is 0 Å². The first-order valence-corrected chi connectivity index (χ1v) is 13.2. The van der Waals surface area contributed by atoms with Gasteiger partial charge in [0.1, 0.15) is 28.5 Å². The van der Waals surface area contributed by atoms with E-state index in [0.717, 1.165) is 18.7 Å². The zero-order chi connectivity index (χ0) is 27.6. The SMILES string of the molecule is Cc1noc(C)c1S(=O)(=O)NC(CNC(=O)c1cn(C)c2cc(CNC3NCCN3)ccc2c1=O)C(=O)O. The standard InChI is InChI=1S/C23H29N7O7S/c1-12-20(13(2)37-28-12)38(35,36)29-17(22(33)34)10-26-21(32)16-11-30(3)18-8-14(4-5-15(18)19(16)31)9-27-23-24-6-7-25-23/h4-5,8,11,17,23-25,27,29H,6-7,9-10H2,1-3H3,(H,26,32)(H,33,34). The Morgan fingerprint density at radius 3 is 2.61 bits per heavy atom. The van der Waals surface area contributed by atoms with Gasteiger partial charge >= 0.3 is 5.97 Å². The van der Waals surface area contributed by atoms with E-state index in [1.807, 2.05) is 10.8 Å². The smallest absolute Gasteiger partial charge is 0.323 e. The molecule has 2 aromatic heterocycles. The summed E-state index contributed by atoms with van der Waals surface area (Å²) in [5.41, 5.74) is 0.887. The van der Waals surface area contributed by atoms with Crippen LogP contribution < -0.4 is 31.4 Å². The maximum atomic E-state index is 13.1. The summed E-state index contributed by atoms with van der Waals surface area (Å²) < 4.78 is 33.9. The predicted octanol–water partition coefficient (Wildman–Crippen LogP) is -1.13. The fourth-order valence-electron chi connectivity index (χ4n) is 4.24. The van der Waals surface area contributed by atoms with Crippen LogP contribution in [0.25, 0.3) is 10.9 Å². The number of aryl methyl sites for hydroxylation is 3. The molecule has 1 aromatic carbocycles. The van der Waals surface area contributed by atoms with Crippen LogP contribution in [0.15, 0.2) is 38.6 Å². The molecule has 0 radical (unpaired) electrons. The van der Waals surface area contributed by atoms with E-state index in [4.69, 9.17) is 4.52 Å². The van der Waals surface area contributed by atoms with Crippen LogP contribution >= 0.6 is 0 Å². The van der Waals surface area contributed by atoms with E-state index in [1.54, 1.807) is 23.7 Å². The largest absolute Gasteiger partial charge is 0.480 e. The Morgan fingerprint density at radius 2 is 1.97 bits per heavy atom. The minimum Gasteiger partial charge on any atom is -0.480 e. The lowest BCUT2D eigenvalue weighted by Gasteiger charge is -2.16. The number of hydrogen-bond donors (Lipinski definition) is 6. The highest BCUT2D eigenvalue weighted by atomic mass is 32.2. The van der Waals surface area contributed by atoms with Crippen LogP contribution in [0.1, 0.15) is 27.4 Å². The lowest BCUT2D eigenvalue weighted by molar-refractivity contribution is -0.138. The zero-order valence-corrected chi connectivity index (χ0v) is 21.8. The number of fused-ring (bicyclic) bond motifs is 1. The van der Waals surface area contributed by atoms with Gasteiger partial charge in [-0.1, -0.05) is 11.2 Å². The Kier molecular flexibility index (Phi) is 7.94. The van der Waals surface area contributed by atoms with Crippen molar-refractivity contribution in [2.45, 2.75) is 37.6 Å². The van der Waals surface area contributed by atoms with Gasteiger partial charge in [-0.25, -0.2) is 8.42 Å². The summed E-state index contributed by atoms with van der Waals surface area (Å²) in [7, 11) is -2.62. The highest BCUT2D eigenvalue weighted by Crippen LogP contribution is 2.19. The normalized spacial score (nSPS) is 15.1. The molecule has 38 heavy (non-hydrogen) atoms. The molecule has 1 atom stereocenters. The van der Waals surface area contributed by atoms with Gasteiger partial charge in [0, 0.05) is 44.8 Å². The monoisotopic (exact) mass is 547 g/mol. The minimum atomic E-state index is -4.31. The Morgan fingerprint density at radius 1 is 1.26 bits per heavy atom. The highest BCUT2D eigenvalue weighted by Gasteiger charge is 2.31. The number of nitrogens with zero attached hydrogens (tertiary/aromatic N) is 2. The molecule has 15 heteroatoms. The molecule has 0 aliphatic carbocycles. The average Bonchev–Trinajstić information content (AvgIpc) is 3.51. The molecule has 0 saturated carbocycles. The first-order valence-electron chi connectivity index (χ1n) is 11.8. The number of aromatic nitrogens is 2. The van der Waals surface area contributed by atoms with E-state index in [9.17, 15) is 27.9 Å². The van der Waals surface area contributed by atoms with Crippen molar-refractivity contribution in [1.82, 2.24) is 35.7 Å². The Labute approximate surface area is 217 Å². The summed E-state index contributed by atoms with van der Waals surface area (Å²) in [4.78, 5) is 37.4. The van der Waals surface area contributed by atoms with Crippen LogP contribution in [0.4, 0.5) is 0 Å². The Bertz CT molecular complexity index is 1520. The molecule has 1 unspecified atom stereocenters. The third kappa shape index (κ3) is 5.76. The highest BCUT2D eigenvalue weighted by molar-refractivity contribution is 7.89. The van der Waals surface area contributed by atoms with Gasteiger partial charge in [-0.3, -0.25) is 30.3 Å². The molecule has 4 rings (SSSR count). The molecule has 3 aromatic rings. The van der Waals surface area contributed by atoms with Crippen molar-refractivity contribution in [2.75, 3.05) is 19.6 Å². The van der Waals surface area contributed by atoms with Gasteiger partial charge in [0.2, 0.25) is 15.5 Å². The number of hydrogen-bond acceptors (Lipinski definition) is 10. The second kappa shape index (κ2) is 11.0. The molecule has 14 nitrogen and oxygen atoms in total. The van der Waals surface area contributed by atoms with Crippen molar-refractivity contribution < 1.29 is 27.6 Å². The predicted molar refractivity (Wildman–Crippen MR) is 136 cm³/mol. The maximum Gasteiger partial charge on any atom is 0.323 e. The topological polar surface area (TPSA) is 197 Å². The lowest BCUT2D eigenvalue weighted by atomic mass is 10.1. The molecule has 0 bridgehead atoms. The second-order valence-corrected chi connectivity index (χ2v) is 10.6. The number of carbonyl (C=O) groups excluding carboxylic acids is 1. The molecule has 1 saturated heterocycles. The maximum absolute atomic E-state index is 13.1. The van der Waals surface area contributed by atoms with Crippen LogP contribution in [-0.2, 0) is 28.4 Å². The Hall–Kier alpha value is -3.63. The molecular formula is C23H29N7O7S. The van der Waals surface area contributed by atoms with Crippen molar-refractivity contribution in [3.8, 4) is 0 Å². The second-order valence-electron chi connectivity index (χ2n) is 8.93. The van der Waals surface area contributed by atoms with Crippen LogP contribution in [0.5, 0.6) is 0 Å². The zero-order valence-electron chi connectivity index (χ0n) is 21.0. The fraction of sp³-hybridized carbons (Fsp3) is 0.391. The molecular weight excluding hydrogens is 518 g/mol. The fourth-order valence-corrected chi connectivity index (χ4v) is 5.76. The van der Waals surface area contributed by atoms with Crippen molar-refractivity contribution in [3.05, 3.63) is 57.2 Å². The number of carboxylic acid groups (broad SMARTS) is 1. The number of rotatable bonds is 10. The van der Waals surface area contributed by atoms with Gasteiger partial charge in [-0.15, -0.1) is 0 Å². The summed E-state index contributed by atoms with van der Waals surface area (Å²) >= 11 is 0. The molecule has 204 valence electrons. The van der Waals surface area contributed by atoms with Crippen molar-refractivity contribution in [1.29, 1.82) is 0 Å². The molecule has 3 heterocycles. The van der Waals surface area contributed by atoms with Gasteiger partial charge in [0.15, 0.2) is 5.76 Å². The van der Waals surface area contributed by atoms with Gasteiger partial charge < -0.3 is 19.5 Å². The first kappa shape index (κ1) is 27.4. The number of pyridine rings is 1. The Balaban J connectivity index is 1.49. The quantitative estimate of drug-likeness (QED) is 0.180. The third-order valence-electron chi connectivity index (χ3n) is 6.13. The number of carboxylic acids is 1. The van der Waals surface area contributed by atoms with E-state index in [0.29, 0.717) is 17.4 Å². The van der Waals surface area contributed by atoms with E-state index < -0.39 is 39.9 Å².